The van der Waals surface area contributed by atoms with Crippen molar-refractivity contribution in [3.63, 3.8) is 0 Å². The molecule has 2 N–H and O–H groups in total. The van der Waals surface area contributed by atoms with E-state index in [1.165, 1.54) is 0 Å². The van der Waals surface area contributed by atoms with Crippen molar-refractivity contribution in [3.05, 3.63) is 58.9 Å². The molecule has 0 amide bonds. The Morgan fingerprint density at radius 1 is 1.35 bits per heavy atom. The van der Waals surface area contributed by atoms with Crippen LogP contribution in [0.4, 0.5) is 5.69 Å². The van der Waals surface area contributed by atoms with E-state index in [4.69, 9.17) is 16.9 Å². The highest BCUT2D eigenvalue weighted by Crippen LogP contribution is 2.21. The molecule has 20 heavy (non-hydrogen) atoms. The number of rotatable bonds is 3. The molecule has 0 radical (unpaired) electrons. The van der Waals surface area contributed by atoms with Gasteiger partial charge in [0, 0.05) is 30.0 Å². The quantitative estimate of drug-likeness (QED) is 0.770. The number of pyridine rings is 1. The average molecular weight is 283 g/mol. The van der Waals surface area contributed by atoms with Gasteiger partial charge in [-0.1, -0.05) is 11.6 Å². The van der Waals surface area contributed by atoms with Crippen molar-refractivity contribution in [3.8, 4) is 6.07 Å². The second-order valence-corrected chi connectivity index (χ2v) is 4.78. The number of halogens is 1. The first-order chi connectivity index (χ1) is 9.78. The summed E-state index contributed by atoms with van der Waals surface area (Å²) in [6, 6.07) is 11.3. The molecular weight excluding hydrogens is 272 g/mol. The Balaban J connectivity index is 1.81. The lowest BCUT2D eigenvalue weighted by atomic mass is 10.2. The maximum atomic E-state index is 8.96. The summed E-state index contributed by atoms with van der Waals surface area (Å²) >= 11 is 5.91. The molecule has 0 unspecified atom stereocenters. The molecule has 0 aliphatic rings. The summed E-state index contributed by atoms with van der Waals surface area (Å²) in [4.78, 5) is 7.38. The molecule has 0 aliphatic heterocycles. The standard InChI is InChI=1S/C15H11ClN4/c16-14-4-3-12(6-10(14)7-17)19-8-11-9-20-15-13(11)2-1-5-18-15/h1-6,9,19H,8H2,(H,18,20). The second-order valence-electron chi connectivity index (χ2n) is 4.37. The van der Waals surface area contributed by atoms with Crippen LogP contribution in [0.1, 0.15) is 11.1 Å². The van der Waals surface area contributed by atoms with Crippen LogP contribution >= 0.6 is 11.6 Å². The molecule has 3 aromatic rings. The van der Waals surface area contributed by atoms with Gasteiger partial charge in [0.1, 0.15) is 11.7 Å². The topological polar surface area (TPSA) is 64.5 Å². The zero-order chi connectivity index (χ0) is 13.9. The van der Waals surface area contributed by atoms with Crippen molar-refractivity contribution in [1.29, 1.82) is 5.26 Å². The predicted molar refractivity (Wildman–Crippen MR) is 79.6 cm³/mol. The minimum absolute atomic E-state index is 0.467. The molecule has 0 saturated carbocycles. The summed E-state index contributed by atoms with van der Waals surface area (Å²) in [6.45, 7) is 0.651. The summed E-state index contributed by atoms with van der Waals surface area (Å²) in [6.07, 6.45) is 3.69. The van der Waals surface area contributed by atoms with Gasteiger partial charge >= 0.3 is 0 Å². The van der Waals surface area contributed by atoms with E-state index in [-0.39, 0.29) is 0 Å². The third kappa shape index (κ3) is 2.31. The lowest BCUT2D eigenvalue weighted by molar-refractivity contribution is 1.16. The first-order valence-corrected chi connectivity index (χ1v) is 6.50. The number of H-pyrrole nitrogens is 1. The monoisotopic (exact) mass is 282 g/mol. The van der Waals surface area contributed by atoms with Crippen LogP contribution < -0.4 is 5.32 Å². The number of anilines is 1. The minimum atomic E-state index is 0.467. The van der Waals surface area contributed by atoms with Crippen LogP contribution in [-0.2, 0) is 6.54 Å². The van der Waals surface area contributed by atoms with Crippen molar-refractivity contribution in [2.24, 2.45) is 0 Å². The number of nitrogens with zero attached hydrogens (tertiary/aromatic N) is 2. The number of hydrogen-bond donors (Lipinski definition) is 2. The van der Waals surface area contributed by atoms with E-state index in [1.807, 2.05) is 24.4 Å². The Bertz CT molecular complexity index is 801. The third-order valence-electron chi connectivity index (χ3n) is 3.11. The Morgan fingerprint density at radius 3 is 3.10 bits per heavy atom. The van der Waals surface area contributed by atoms with Gasteiger partial charge in [-0.25, -0.2) is 4.98 Å². The van der Waals surface area contributed by atoms with E-state index < -0.39 is 0 Å². The normalized spacial score (nSPS) is 10.4. The van der Waals surface area contributed by atoms with Gasteiger partial charge in [0.2, 0.25) is 0 Å². The van der Waals surface area contributed by atoms with E-state index in [0.717, 1.165) is 22.3 Å². The van der Waals surface area contributed by atoms with Crippen molar-refractivity contribution in [2.45, 2.75) is 6.54 Å². The number of hydrogen-bond acceptors (Lipinski definition) is 3. The molecule has 0 atom stereocenters. The lowest BCUT2D eigenvalue weighted by Crippen LogP contribution is -1.99. The fraction of sp³-hybridized carbons (Fsp3) is 0.0667. The molecule has 0 spiro atoms. The van der Waals surface area contributed by atoms with Gasteiger partial charge in [0.25, 0.3) is 0 Å². The molecule has 1 aromatic carbocycles. The van der Waals surface area contributed by atoms with Crippen LogP contribution in [0.5, 0.6) is 0 Å². The maximum Gasteiger partial charge on any atom is 0.137 e. The highest BCUT2D eigenvalue weighted by molar-refractivity contribution is 6.31. The van der Waals surface area contributed by atoms with E-state index in [9.17, 15) is 0 Å². The number of fused-ring (bicyclic) bond motifs is 1. The van der Waals surface area contributed by atoms with Crippen LogP contribution in [0.2, 0.25) is 5.02 Å². The summed E-state index contributed by atoms with van der Waals surface area (Å²) in [5, 5.41) is 13.8. The summed E-state index contributed by atoms with van der Waals surface area (Å²) < 4.78 is 0. The zero-order valence-electron chi connectivity index (χ0n) is 10.5. The zero-order valence-corrected chi connectivity index (χ0v) is 11.3. The molecule has 2 aromatic heterocycles. The van der Waals surface area contributed by atoms with Crippen LogP contribution in [-0.4, -0.2) is 9.97 Å². The van der Waals surface area contributed by atoms with E-state index >= 15 is 0 Å². The van der Waals surface area contributed by atoms with E-state index in [1.54, 1.807) is 18.3 Å². The van der Waals surface area contributed by atoms with Gasteiger partial charge in [-0.05, 0) is 35.9 Å². The predicted octanol–water partition coefficient (Wildman–Crippen LogP) is 3.70. The molecule has 2 heterocycles. The summed E-state index contributed by atoms with van der Waals surface area (Å²) in [7, 11) is 0. The van der Waals surface area contributed by atoms with Crippen molar-refractivity contribution >= 4 is 28.3 Å². The molecule has 0 fully saturated rings. The fourth-order valence-corrected chi connectivity index (χ4v) is 2.24. The van der Waals surface area contributed by atoms with Crippen LogP contribution in [0.3, 0.4) is 0 Å². The highest BCUT2D eigenvalue weighted by Gasteiger charge is 2.05. The Morgan fingerprint density at radius 2 is 2.25 bits per heavy atom. The number of aromatic amines is 1. The van der Waals surface area contributed by atoms with Gasteiger partial charge in [-0.15, -0.1) is 0 Å². The first-order valence-electron chi connectivity index (χ1n) is 6.12. The Kier molecular flexibility index (Phi) is 3.28. The molecule has 0 bridgehead atoms. The van der Waals surface area contributed by atoms with Gasteiger partial charge in [0.05, 0.1) is 10.6 Å². The lowest BCUT2D eigenvalue weighted by Gasteiger charge is -2.06. The maximum absolute atomic E-state index is 8.96. The molecule has 0 aliphatic carbocycles. The largest absolute Gasteiger partial charge is 0.381 e. The average Bonchev–Trinajstić information content (AvgIpc) is 2.90. The molecular formula is C15H11ClN4. The Labute approximate surface area is 121 Å². The smallest absolute Gasteiger partial charge is 0.137 e. The number of benzene rings is 1. The van der Waals surface area contributed by atoms with Crippen LogP contribution in [0.25, 0.3) is 11.0 Å². The molecule has 4 nitrogen and oxygen atoms in total. The molecule has 5 heteroatoms. The van der Waals surface area contributed by atoms with Crippen LogP contribution in [0.15, 0.2) is 42.7 Å². The van der Waals surface area contributed by atoms with Gasteiger partial charge in [-0.3, -0.25) is 0 Å². The van der Waals surface area contributed by atoms with Crippen LogP contribution in [0, 0.1) is 11.3 Å². The first kappa shape index (κ1) is 12.5. The van der Waals surface area contributed by atoms with E-state index in [0.29, 0.717) is 17.1 Å². The van der Waals surface area contributed by atoms with E-state index in [2.05, 4.69) is 21.4 Å². The van der Waals surface area contributed by atoms with Crippen molar-refractivity contribution in [2.75, 3.05) is 5.32 Å². The summed E-state index contributed by atoms with van der Waals surface area (Å²) in [5.74, 6) is 0. The fourth-order valence-electron chi connectivity index (χ4n) is 2.08. The van der Waals surface area contributed by atoms with Crippen molar-refractivity contribution in [1.82, 2.24) is 9.97 Å². The molecule has 98 valence electrons. The number of nitrogens with one attached hydrogen (secondary N) is 2. The number of nitriles is 1. The number of aromatic nitrogens is 2. The summed E-state index contributed by atoms with van der Waals surface area (Å²) in [5.41, 5.74) is 3.33. The van der Waals surface area contributed by atoms with Gasteiger partial charge in [0.15, 0.2) is 0 Å². The molecule has 0 saturated heterocycles. The highest BCUT2D eigenvalue weighted by atomic mass is 35.5. The van der Waals surface area contributed by atoms with Crippen molar-refractivity contribution < 1.29 is 0 Å². The molecule has 3 rings (SSSR count). The minimum Gasteiger partial charge on any atom is -0.381 e. The van der Waals surface area contributed by atoms with Gasteiger partial charge < -0.3 is 10.3 Å². The SMILES string of the molecule is N#Cc1cc(NCc2c[nH]c3ncccc23)ccc1Cl. The second kappa shape index (κ2) is 5.24. The third-order valence-corrected chi connectivity index (χ3v) is 3.44. The Hall–Kier alpha value is -2.51. The van der Waals surface area contributed by atoms with Gasteiger partial charge in [-0.2, -0.15) is 5.26 Å².